The third-order valence-electron chi connectivity index (χ3n) is 1.02. The van der Waals surface area contributed by atoms with Crippen molar-refractivity contribution < 1.29 is 26.7 Å². The Labute approximate surface area is 101 Å². The fourth-order valence-electron chi connectivity index (χ4n) is 0.740. The Morgan fingerprint density at radius 1 is 0.800 bits per heavy atom. The van der Waals surface area contributed by atoms with Gasteiger partial charge in [-0.25, -0.2) is 0 Å². The first kappa shape index (κ1) is 19.7. The van der Waals surface area contributed by atoms with Gasteiger partial charge in [0.1, 0.15) is 0 Å². The van der Waals surface area contributed by atoms with E-state index >= 15 is 0 Å². The molecule has 1 radical (unpaired) electrons. The zero-order valence-corrected chi connectivity index (χ0v) is 10.4. The quantitative estimate of drug-likeness (QED) is 0.421. The SMILES string of the molecule is CC(=[N-])CC(C)=[OH+].CC(=[N-])CC(C)=[OH+].[Cu+2]. The molecule has 5 heteroatoms. The van der Waals surface area contributed by atoms with Gasteiger partial charge in [0.25, 0.3) is 11.6 Å². The van der Waals surface area contributed by atoms with Gasteiger partial charge in [0.15, 0.2) is 0 Å². The van der Waals surface area contributed by atoms with Gasteiger partial charge in [0.05, 0.1) is 12.8 Å². The van der Waals surface area contributed by atoms with Crippen LogP contribution in [0, 0.1) is 0 Å². The first-order chi connectivity index (χ1) is 6.25. The molecule has 4 nitrogen and oxygen atoms in total. The third kappa shape index (κ3) is 31.9. The molecule has 2 N–H and O–H groups in total. The van der Waals surface area contributed by atoms with Crippen molar-refractivity contribution in [3.63, 3.8) is 0 Å². The molecule has 0 rings (SSSR count). The smallest absolute Gasteiger partial charge is 0.811 e. The summed E-state index contributed by atoms with van der Waals surface area (Å²) < 4.78 is 0. The molecular weight excluding hydrogens is 244 g/mol. The Bertz CT molecular complexity index is 200. The molecule has 0 aliphatic heterocycles. The largest absolute Gasteiger partial charge is 2.00 e. The van der Waals surface area contributed by atoms with Gasteiger partial charge in [-0.2, -0.15) is 11.4 Å². The number of rotatable bonds is 4. The number of carbonyl (C=O) groups excluding carboxylic acids is 2. The van der Waals surface area contributed by atoms with Crippen LogP contribution in [-0.4, -0.2) is 32.6 Å². The predicted molar refractivity (Wildman–Crippen MR) is 62.5 cm³/mol. The van der Waals surface area contributed by atoms with Crippen LogP contribution in [0.5, 0.6) is 0 Å². The molecular formula is C10H18CuN2O2+2. The van der Waals surface area contributed by atoms with Gasteiger partial charge in [0, 0.05) is 13.8 Å². The van der Waals surface area contributed by atoms with E-state index in [1.165, 1.54) is 0 Å². The van der Waals surface area contributed by atoms with E-state index < -0.39 is 0 Å². The van der Waals surface area contributed by atoms with E-state index in [1.54, 1.807) is 27.7 Å². The fraction of sp³-hybridized carbons (Fsp3) is 0.600. The Morgan fingerprint density at radius 3 is 1.00 bits per heavy atom. The van der Waals surface area contributed by atoms with Crippen LogP contribution in [-0.2, 0) is 17.1 Å². The predicted octanol–water partition coefficient (Wildman–Crippen LogP) is 1.94. The molecule has 0 heterocycles. The molecule has 0 unspecified atom stereocenters. The van der Waals surface area contributed by atoms with Crippen LogP contribution in [0.3, 0.4) is 0 Å². The van der Waals surface area contributed by atoms with Crippen molar-refractivity contribution in [2.75, 3.05) is 0 Å². The summed E-state index contributed by atoms with van der Waals surface area (Å²) in [7, 11) is 0. The topological polar surface area (TPSA) is 87.4 Å². The molecule has 0 bridgehead atoms. The monoisotopic (exact) mass is 261 g/mol. The van der Waals surface area contributed by atoms with Crippen LogP contribution >= 0.6 is 0 Å². The van der Waals surface area contributed by atoms with Crippen molar-refractivity contribution >= 4 is 23.0 Å². The van der Waals surface area contributed by atoms with Gasteiger partial charge < -0.3 is 10.8 Å². The molecule has 0 aromatic carbocycles. The minimum atomic E-state index is 0. The van der Waals surface area contributed by atoms with E-state index in [0.29, 0.717) is 12.8 Å². The molecule has 0 atom stereocenters. The fourth-order valence-corrected chi connectivity index (χ4v) is 0.740. The number of hydrogen-bond acceptors (Lipinski definition) is 0. The summed E-state index contributed by atoms with van der Waals surface area (Å²) in [6.07, 6.45) is 0.611. The summed E-state index contributed by atoms with van der Waals surface area (Å²) in [5.41, 5.74) is 0.500. The molecule has 0 saturated heterocycles. The van der Waals surface area contributed by atoms with Gasteiger partial charge in [0.2, 0.25) is 0 Å². The average molecular weight is 262 g/mol. The maximum absolute atomic E-state index is 8.46. The van der Waals surface area contributed by atoms with Gasteiger partial charge in [-0.15, -0.1) is 0 Å². The van der Waals surface area contributed by atoms with Gasteiger partial charge >= 0.3 is 17.1 Å². The standard InChI is InChI=1S/2C5H8NO.Cu/c2*1-4(6)3-5(2)7;/h2*3H2,1-2H3;/q2*-1;+2/p+2. The van der Waals surface area contributed by atoms with Crippen LogP contribution in [0.15, 0.2) is 0 Å². The van der Waals surface area contributed by atoms with E-state index in [0.717, 1.165) is 0 Å². The molecule has 0 aromatic rings. The van der Waals surface area contributed by atoms with Crippen molar-refractivity contribution in [1.29, 1.82) is 0 Å². The van der Waals surface area contributed by atoms with Crippen molar-refractivity contribution in [2.45, 2.75) is 40.5 Å². The second-order valence-electron chi connectivity index (χ2n) is 3.29. The van der Waals surface area contributed by atoms with Crippen LogP contribution < -0.4 is 0 Å². The maximum atomic E-state index is 8.46. The van der Waals surface area contributed by atoms with Crippen molar-refractivity contribution in [3.05, 3.63) is 10.8 Å². The molecule has 0 saturated carbocycles. The molecule has 0 aliphatic rings. The first-order valence-electron chi connectivity index (χ1n) is 4.31. The maximum Gasteiger partial charge on any atom is 2.00 e. The minimum absolute atomic E-state index is 0. The van der Waals surface area contributed by atoms with Crippen LogP contribution in [0.1, 0.15) is 40.5 Å². The van der Waals surface area contributed by atoms with Gasteiger partial charge in [-0.1, -0.05) is 13.8 Å². The number of nitrogens with zero attached hydrogens (tertiary/aromatic N) is 2. The van der Waals surface area contributed by atoms with E-state index in [-0.39, 0.29) is 40.1 Å². The Balaban J connectivity index is -0.000000180. The first-order valence-corrected chi connectivity index (χ1v) is 4.31. The van der Waals surface area contributed by atoms with E-state index in [1.807, 2.05) is 0 Å². The molecule has 0 amide bonds. The van der Waals surface area contributed by atoms with Gasteiger partial charge in [-0.3, -0.25) is 9.59 Å². The summed E-state index contributed by atoms with van der Waals surface area (Å²) in [6.45, 7) is 6.22. The molecule has 0 aliphatic carbocycles. The van der Waals surface area contributed by atoms with E-state index in [2.05, 4.69) is 0 Å². The van der Waals surface area contributed by atoms with E-state index in [9.17, 15) is 0 Å². The molecule has 15 heavy (non-hydrogen) atoms. The summed E-state index contributed by atoms with van der Waals surface area (Å²) in [6, 6.07) is 0. The zero-order chi connectivity index (χ0) is 11.7. The second-order valence-corrected chi connectivity index (χ2v) is 3.29. The molecule has 0 spiro atoms. The van der Waals surface area contributed by atoms with Gasteiger partial charge in [-0.05, 0) is 0 Å². The van der Waals surface area contributed by atoms with Crippen molar-refractivity contribution in [3.8, 4) is 0 Å². The average Bonchev–Trinajstić information content (AvgIpc) is 1.79. The van der Waals surface area contributed by atoms with E-state index in [4.69, 9.17) is 20.4 Å². The minimum Gasteiger partial charge on any atom is -0.811 e. The Morgan fingerprint density at radius 2 is 1.00 bits per heavy atom. The van der Waals surface area contributed by atoms with Crippen LogP contribution in [0.4, 0.5) is 0 Å². The Kier molecular flexibility index (Phi) is 14.8. The number of hydrogen-bond donors (Lipinski definition) is 0. The summed E-state index contributed by atoms with van der Waals surface area (Å²) >= 11 is 0. The van der Waals surface area contributed by atoms with Crippen LogP contribution in [0.2, 0.25) is 0 Å². The summed E-state index contributed by atoms with van der Waals surface area (Å²) in [4.78, 5) is 16.9. The molecule has 0 fully saturated rings. The van der Waals surface area contributed by atoms with Crippen molar-refractivity contribution in [2.24, 2.45) is 0 Å². The number of ketones is 2. The second kappa shape index (κ2) is 11.3. The van der Waals surface area contributed by atoms with Crippen molar-refractivity contribution in [1.82, 2.24) is 0 Å². The summed E-state index contributed by atoms with van der Waals surface area (Å²) in [5.74, 6) is 0.500. The third-order valence-corrected chi connectivity index (χ3v) is 1.02. The normalized spacial score (nSPS) is 7.73. The van der Waals surface area contributed by atoms with Crippen LogP contribution in [0.25, 0.3) is 10.8 Å². The Hall–Kier alpha value is -0.801. The molecule has 89 valence electrons. The summed E-state index contributed by atoms with van der Waals surface area (Å²) in [5, 5.41) is 16.9. The zero-order valence-electron chi connectivity index (χ0n) is 9.50. The molecule has 0 aromatic heterocycles.